The maximum atomic E-state index is 13.0. The van der Waals surface area contributed by atoms with Gasteiger partial charge in [0.05, 0.1) is 11.9 Å². The molecule has 10 heteroatoms. The number of anilines is 1. The SMILES string of the molecule is CC1CNC(CN)CN1c1cc(-c2cnc3ccc(C(F)F)nn23)ncn1. The van der Waals surface area contributed by atoms with Crippen LogP contribution >= 0.6 is 0 Å². The fraction of sp³-hybridized carbons (Fsp3) is 0.412. The predicted molar refractivity (Wildman–Crippen MR) is 96.6 cm³/mol. The molecule has 0 bridgehead atoms. The number of piperazine rings is 1. The third-order valence-corrected chi connectivity index (χ3v) is 4.75. The first-order chi connectivity index (χ1) is 13.1. The second-order valence-corrected chi connectivity index (χ2v) is 6.58. The number of imidazole rings is 1. The molecule has 2 atom stereocenters. The average Bonchev–Trinajstić information content (AvgIpc) is 3.11. The highest BCUT2D eigenvalue weighted by atomic mass is 19.3. The lowest BCUT2D eigenvalue weighted by atomic mass is 10.1. The summed E-state index contributed by atoms with van der Waals surface area (Å²) in [7, 11) is 0. The molecule has 1 aliphatic heterocycles. The summed E-state index contributed by atoms with van der Waals surface area (Å²) in [6.45, 7) is 4.17. The maximum absolute atomic E-state index is 13.0. The summed E-state index contributed by atoms with van der Waals surface area (Å²) in [6.07, 6.45) is 0.390. The van der Waals surface area contributed by atoms with E-state index in [0.717, 1.165) is 18.9 Å². The molecule has 0 aromatic carbocycles. The van der Waals surface area contributed by atoms with Crippen molar-refractivity contribution in [2.45, 2.75) is 25.4 Å². The van der Waals surface area contributed by atoms with Crippen LogP contribution in [0.3, 0.4) is 0 Å². The number of nitrogens with zero attached hydrogens (tertiary/aromatic N) is 6. The zero-order chi connectivity index (χ0) is 19.0. The van der Waals surface area contributed by atoms with Gasteiger partial charge in [0.15, 0.2) is 5.65 Å². The molecular formula is C17H20F2N8. The van der Waals surface area contributed by atoms with Crippen molar-refractivity contribution in [3.63, 3.8) is 0 Å². The lowest BCUT2D eigenvalue weighted by molar-refractivity contribution is 0.144. The smallest absolute Gasteiger partial charge is 0.282 e. The monoisotopic (exact) mass is 374 g/mol. The summed E-state index contributed by atoms with van der Waals surface area (Å²) in [4.78, 5) is 15.1. The highest BCUT2D eigenvalue weighted by Gasteiger charge is 2.25. The normalized spacial score (nSPS) is 20.6. The third-order valence-electron chi connectivity index (χ3n) is 4.75. The van der Waals surface area contributed by atoms with Gasteiger partial charge in [0, 0.05) is 37.8 Å². The van der Waals surface area contributed by atoms with E-state index in [0.29, 0.717) is 23.6 Å². The molecule has 1 saturated heterocycles. The second kappa shape index (κ2) is 7.12. The molecule has 142 valence electrons. The fourth-order valence-electron chi connectivity index (χ4n) is 3.23. The number of nitrogens with two attached hydrogens (primary N) is 1. The van der Waals surface area contributed by atoms with Crippen molar-refractivity contribution >= 4 is 11.5 Å². The Morgan fingerprint density at radius 3 is 2.93 bits per heavy atom. The molecule has 3 aromatic rings. The van der Waals surface area contributed by atoms with Crippen LogP contribution in [-0.4, -0.2) is 56.3 Å². The lowest BCUT2D eigenvalue weighted by Gasteiger charge is -2.39. The summed E-state index contributed by atoms with van der Waals surface area (Å²) in [6, 6.07) is 5.05. The van der Waals surface area contributed by atoms with Gasteiger partial charge in [-0.2, -0.15) is 5.10 Å². The number of rotatable bonds is 4. The fourth-order valence-corrected chi connectivity index (χ4v) is 3.23. The second-order valence-electron chi connectivity index (χ2n) is 6.58. The summed E-state index contributed by atoms with van der Waals surface area (Å²) in [5.41, 5.74) is 7.07. The van der Waals surface area contributed by atoms with E-state index in [1.54, 1.807) is 6.20 Å². The molecule has 4 heterocycles. The van der Waals surface area contributed by atoms with Gasteiger partial charge < -0.3 is 16.0 Å². The first kappa shape index (κ1) is 17.7. The number of hydrogen-bond donors (Lipinski definition) is 2. The van der Waals surface area contributed by atoms with Crippen LogP contribution in [0.15, 0.2) is 30.7 Å². The summed E-state index contributed by atoms with van der Waals surface area (Å²) >= 11 is 0. The van der Waals surface area contributed by atoms with Crippen molar-refractivity contribution in [1.29, 1.82) is 0 Å². The first-order valence-corrected chi connectivity index (χ1v) is 8.72. The van der Waals surface area contributed by atoms with E-state index in [2.05, 4.69) is 37.2 Å². The number of alkyl halides is 2. The standard InChI is InChI=1S/C17H20F2N8/c1-10-6-21-11(5-20)8-26(10)16-4-13(23-9-24-16)14-7-22-15-3-2-12(17(18)19)25-27(14)15/h2-4,7,9-11,17,21H,5-6,8,20H2,1H3. The van der Waals surface area contributed by atoms with Crippen LogP contribution in [-0.2, 0) is 0 Å². The van der Waals surface area contributed by atoms with E-state index in [-0.39, 0.29) is 17.8 Å². The molecule has 0 saturated carbocycles. The topological polar surface area (TPSA) is 97.3 Å². The molecule has 8 nitrogen and oxygen atoms in total. The number of halogens is 2. The Bertz CT molecular complexity index is 944. The number of aromatic nitrogens is 5. The maximum Gasteiger partial charge on any atom is 0.282 e. The molecule has 27 heavy (non-hydrogen) atoms. The Morgan fingerprint density at radius 1 is 1.30 bits per heavy atom. The van der Waals surface area contributed by atoms with Gasteiger partial charge in [-0.3, -0.25) is 0 Å². The zero-order valence-corrected chi connectivity index (χ0v) is 14.8. The van der Waals surface area contributed by atoms with Gasteiger partial charge >= 0.3 is 0 Å². The van der Waals surface area contributed by atoms with E-state index < -0.39 is 6.43 Å². The molecule has 1 aliphatic rings. The van der Waals surface area contributed by atoms with E-state index in [1.807, 2.05) is 6.07 Å². The molecule has 2 unspecified atom stereocenters. The number of fused-ring (bicyclic) bond motifs is 1. The molecule has 0 aliphatic carbocycles. The van der Waals surface area contributed by atoms with Crippen LogP contribution in [0.25, 0.3) is 17.0 Å². The Kier molecular flexibility index (Phi) is 4.66. The first-order valence-electron chi connectivity index (χ1n) is 8.72. The Morgan fingerprint density at radius 2 is 2.15 bits per heavy atom. The van der Waals surface area contributed by atoms with Crippen LogP contribution in [0.2, 0.25) is 0 Å². The van der Waals surface area contributed by atoms with Crippen LogP contribution in [0, 0.1) is 0 Å². The van der Waals surface area contributed by atoms with Crippen molar-refractivity contribution in [3.05, 3.63) is 36.4 Å². The molecular weight excluding hydrogens is 354 g/mol. The number of nitrogens with one attached hydrogen (secondary N) is 1. The number of hydrogen-bond acceptors (Lipinski definition) is 7. The Balaban J connectivity index is 1.72. The third kappa shape index (κ3) is 3.33. The largest absolute Gasteiger partial charge is 0.351 e. The zero-order valence-electron chi connectivity index (χ0n) is 14.8. The molecule has 4 rings (SSSR count). The van der Waals surface area contributed by atoms with E-state index in [1.165, 1.54) is 23.0 Å². The quantitative estimate of drug-likeness (QED) is 0.709. The molecule has 3 aromatic heterocycles. The highest BCUT2D eigenvalue weighted by Crippen LogP contribution is 2.25. The molecule has 3 N–H and O–H groups in total. The average molecular weight is 374 g/mol. The Hall–Kier alpha value is -2.72. The molecule has 0 amide bonds. The van der Waals surface area contributed by atoms with Crippen molar-refractivity contribution in [1.82, 2.24) is 29.9 Å². The van der Waals surface area contributed by atoms with Crippen molar-refractivity contribution in [3.8, 4) is 11.4 Å². The van der Waals surface area contributed by atoms with E-state index >= 15 is 0 Å². The predicted octanol–water partition coefficient (Wildman–Crippen LogP) is 1.25. The van der Waals surface area contributed by atoms with Crippen molar-refractivity contribution in [2.75, 3.05) is 24.5 Å². The van der Waals surface area contributed by atoms with Gasteiger partial charge in [-0.15, -0.1) is 0 Å². The van der Waals surface area contributed by atoms with Crippen molar-refractivity contribution < 1.29 is 8.78 Å². The summed E-state index contributed by atoms with van der Waals surface area (Å²) < 4.78 is 27.4. The van der Waals surface area contributed by atoms with Crippen LogP contribution in [0.5, 0.6) is 0 Å². The van der Waals surface area contributed by atoms with Gasteiger partial charge in [-0.05, 0) is 19.1 Å². The Labute approximate surface area is 154 Å². The van der Waals surface area contributed by atoms with Crippen LogP contribution in [0.1, 0.15) is 19.0 Å². The van der Waals surface area contributed by atoms with Gasteiger partial charge in [0.25, 0.3) is 6.43 Å². The minimum atomic E-state index is -2.65. The van der Waals surface area contributed by atoms with E-state index in [4.69, 9.17) is 5.73 Å². The molecule has 1 fully saturated rings. The van der Waals surface area contributed by atoms with Crippen LogP contribution < -0.4 is 16.0 Å². The molecule has 0 radical (unpaired) electrons. The summed E-state index contributed by atoms with van der Waals surface area (Å²) in [5, 5.41) is 7.39. The molecule has 0 spiro atoms. The van der Waals surface area contributed by atoms with Crippen LogP contribution in [0.4, 0.5) is 14.6 Å². The lowest BCUT2D eigenvalue weighted by Crippen LogP contribution is -2.58. The summed E-state index contributed by atoms with van der Waals surface area (Å²) in [5.74, 6) is 0.757. The highest BCUT2D eigenvalue weighted by molar-refractivity contribution is 5.62. The minimum absolute atomic E-state index is 0.186. The van der Waals surface area contributed by atoms with Gasteiger partial charge in [0.1, 0.15) is 23.5 Å². The van der Waals surface area contributed by atoms with Gasteiger partial charge in [0.2, 0.25) is 0 Å². The van der Waals surface area contributed by atoms with Crippen molar-refractivity contribution in [2.24, 2.45) is 5.73 Å². The van der Waals surface area contributed by atoms with E-state index in [9.17, 15) is 8.78 Å². The minimum Gasteiger partial charge on any atom is -0.351 e. The van der Waals surface area contributed by atoms with Gasteiger partial charge in [-0.1, -0.05) is 0 Å². The van der Waals surface area contributed by atoms with Gasteiger partial charge in [-0.25, -0.2) is 28.2 Å².